The Morgan fingerprint density at radius 1 is 1.00 bits per heavy atom. The predicted octanol–water partition coefficient (Wildman–Crippen LogP) is 3.03. The van der Waals surface area contributed by atoms with Crippen molar-refractivity contribution >= 4 is 34.4 Å². The van der Waals surface area contributed by atoms with Gasteiger partial charge in [-0.3, -0.25) is 4.79 Å². The number of hydrogen-bond donors (Lipinski definition) is 2. The van der Waals surface area contributed by atoms with Crippen molar-refractivity contribution in [1.29, 1.82) is 0 Å². The number of carboxylic acids is 2. The molecule has 1 aliphatic heterocycles. The molecule has 0 aliphatic carbocycles. The molecule has 34 heavy (non-hydrogen) atoms. The monoisotopic (exact) mass is 465 g/mol. The van der Waals surface area contributed by atoms with Crippen LogP contribution in [0.3, 0.4) is 0 Å². The zero-order chi connectivity index (χ0) is 24.8. The Kier molecular flexibility index (Phi) is 8.07. The smallest absolute Gasteiger partial charge is 0.414 e. The summed E-state index contributed by atoms with van der Waals surface area (Å²) >= 11 is 0. The van der Waals surface area contributed by atoms with Crippen molar-refractivity contribution in [3.63, 3.8) is 0 Å². The van der Waals surface area contributed by atoms with Gasteiger partial charge in [-0.1, -0.05) is 36.4 Å². The molecule has 0 saturated carbocycles. The van der Waals surface area contributed by atoms with Gasteiger partial charge in [0.05, 0.1) is 0 Å². The summed E-state index contributed by atoms with van der Waals surface area (Å²) in [5.41, 5.74) is 4.86. The molecule has 0 bridgehead atoms. The maximum absolute atomic E-state index is 13.2. The summed E-state index contributed by atoms with van der Waals surface area (Å²) in [6, 6.07) is 16.8. The first kappa shape index (κ1) is 25.0. The number of fused-ring (bicyclic) bond motifs is 2. The molecule has 4 rings (SSSR count). The summed E-state index contributed by atoms with van der Waals surface area (Å²) in [6.45, 7) is 1.81. The zero-order valence-electron chi connectivity index (χ0n) is 19.8. The highest BCUT2D eigenvalue weighted by Gasteiger charge is 2.28. The highest BCUT2D eigenvalue weighted by Crippen LogP contribution is 2.31. The number of benzene rings is 2. The van der Waals surface area contributed by atoms with Crippen LogP contribution in [-0.2, 0) is 34.3 Å². The number of carboxylic acid groups (broad SMARTS) is 2. The van der Waals surface area contributed by atoms with Gasteiger partial charge < -0.3 is 24.6 Å². The number of aromatic nitrogens is 1. The maximum Gasteiger partial charge on any atom is 0.414 e. The fourth-order valence-corrected chi connectivity index (χ4v) is 4.56. The summed E-state index contributed by atoms with van der Waals surface area (Å²) in [6.07, 6.45) is 4.52. The third-order valence-electron chi connectivity index (χ3n) is 5.93. The lowest BCUT2D eigenvalue weighted by atomic mass is 9.91. The number of carbonyl (C=O) groups excluding carboxylic acids is 1. The van der Waals surface area contributed by atoms with E-state index in [4.69, 9.17) is 19.8 Å². The van der Waals surface area contributed by atoms with Crippen molar-refractivity contribution in [1.82, 2.24) is 9.47 Å². The SMILES string of the molecule is CN(C)CC1Cc2ccccc2N(C(=O)CCc2cn(C)c3ccccc23)C1.O=C(O)C(=O)O. The molecule has 8 heteroatoms. The summed E-state index contributed by atoms with van der Waals surface area (Å²) in [4.78, 5) is 35.7. The second-order valence-corrected chi connectivity index (χ2v) is 8.86. The molecule has 3 aromatic rings. The Bertz CT molecular complexity index is 1170. The summed E-state index contributed by atoms with van der Waals surface area (Å²) in [5, 5.41) is 16.0. The van der Waals surface area contributed by atoms with Crippen LogP contribution in [0.4, 0.5) is 5.69 Å². The van der Waals surface area contributed by atoms with Crippen LogP contribution in [0.25, 0.3) is 10.9 Å². The third kappa shape index (κ3) is 6.02. The molecule has 0 radical (unpaired) electrons. The molecule has 180 valence electrons. The van der Waals surface area contributed by atoms with Gasteiger partial charge in [0.15, 0.2) is 0 Å². The van der Waals surface area contributed by atoms with E-state index in [0.29, 0.717) is 12.3 Å². The fourth-order valence-electron chi connectivity index (χ4n) is 4.56. The summed E-state index contributed by atoms with van der Waals surface area (Å²) in [7, 11) is 6.28. The Morgan fingerprint density at radius 3 is 2.32 bits per heavy atom. The van der Waals surface area contributed by atoms with Crippen LogP contribution in [0.15, 0.2) is 54.7 Å². The van der Waals surface area contributed by atoms with E-state index in [0.717, 1.165) is 31.6 Å². The molecule has 0 spiro atoms. The number of para-hydroxylation sites is 2. The zero-order valence-corrected chi connectivity index (χ0v) is 19.8. The van der Waals surface area contributed by atoms with Gasteiger partial charge in [-0.15, -0.1) is 0 Å². The highest BCUT2D eigenvalue weighted by atomic mass is 16.4. The van der Waals surface area contributed by atoms with Gasteiger partial charge in [0, 0.05) is 49.3 Å². The number of anilines is 1. The Hall–Kier alpha value is -3.65. The van der Waals surface area contributed by atoms with Crippen LogP contribution in [0.5, 0.6) is 0 Å². The quantitative estimate of drug-likeness (QED) is 0.562. The van der Waals surface area contributed by atoms with Crippen LogP contribution in [0, 0.1) is 5.92 Å². The lowest BCUT2D eigenvalue weighted by Gasteiger charge is -2.36. The van der Waals surface area contributed by atoms with Crippen LogP contribution in [-0.4, -0.2) is 64.7 Å². The van der Waals surface area contributed by atoms with Crippen LogP contribution in [0.2, 0.25) is 0 Å². The molecule has 2 heterocycles. The number of nitrogens with zero attached hydrogens (tertiary/aromatic N) is 3. The van der Waals surface area contributed by atoms with Crippen molar-refractivity contribution in [3.8, 4) is 0 Å². The van der Waals surface area contributed by atoms with Crippen molar-refractivity contribution < 1.29 is 24.6 Å². The molecule has 1 aromatic heterocycles. The average Bonchev–Trinajstić information content (AvgIpc) is 3.12. The first-order valence-corrected chi connectivity index (χ1v) is 11.2. The largest absolute Gasteiger partial charge is 0.473 e. The van der Waals surface area contributed by atoms with Crippen molar-refractivity contribution in [2.24, 2.45) is 13.0 Å². The summed E-state index contributed by atoms with van der Waals surface area (Å²) < 4.78 is 2.15. The molecule has 1 atom stereocenters. The van der Waals surface area contributed by atoms with Crippen molar-refractivity contribution in [2.45, 2.75) is 19.3 Å². The van der Waals surface area contributed by atoms with Gasteiger partial charge >= 0.3 is 11.9 Å². The first-order valence-electron chi connectivity index (χ1n) is 11.2. The van der Waals surface area contributed by atoms with Gasteiger partial charge in [0.25, 0.3) is 0 Å². The van der Waals surface area contributed by atoms with E-state index < -0.39 is 11.9 Å². The Labute approximate surface area is 199 Å². The van der Waals surface area contributed by atoms with Crippen molar-refractivity contribution in [3.05, 3.63) is 65.9 Å². The molecule has 1 aliphatic rings. The number of hydrogen-bond acceptors (Lipinski definition) is 4. The predicted molar refractivity (Wildman–Crippen MR) is 131 cm³/mol. The molecular weight excluding hydrogens is 434 g/mol. The molecule has 0 fully saturated rings. The second-order valence-electron chi connectivity index (χ2n) is 8.86. The number of carbonyl (C=O) groups is 3. The van der Waals surface area contributed by atoms with Gasteiger partial charge in [0.1, 0.15) is 0 Å². The van der Waals surface area contributed by atoms with Crippen LogP contribution in [0.1, 0.15) is 17.5 Å². The minimum atomic E-state index is -1.82. The van der Waals surface area contributed by atoms with Crippen molar-refractivity contribution in [2.75, 3.05) is 32.1 Å². The van der Waals surface area contributed by atoms with E-state index >= 15 is 0 Å². The standard InChI is InChI=1S/C24H29N3O.C2H2O4/c1-25(2)15-18-14-19-8-4-6-10-22(19)27(16-18)24(28)13-12-20-17-26(3)23-11-7-5-9-21(20)23;3-1(4)2(5)6/h4-11,17-18H,12-16H2,1-3H3;(H,3,4)(H,5,6). The molecule has 0 saturated heterocycles. The van der Waals surface area contributed by atoms with E-state index in [1.54, 1.807) is 0 Å². The lowest BCUT2D eigenvalue weighted by Crippen LogP contribution is -2.43. The van der Waals surface area contributed by atoms with E-state index in [1.165, 1.54) is 22.0 Å². The number of aliphatic carboxylic acids is 2. The van der Waals surface area contributed by atoms with Gasteiger partial charge in [-0.05, 0) is 56.1 Å². The molecule has 1 unspecified atom stereocenters. The lowest BCUT2D eigenvalue weighted by molar-refractivity contribution is -0.159. The average molecular weight is 466 g/mol. The van der Waals surface area contributed by atoms with E-state index in [2.05, 4.69) is 79.3 Å². The topological polar surface area (TPSA) is 103 Å². The highest BCUT2D eigenvalue weighted by molar-refractivity contribution is 6.27. The number of aryl methyl sites for hydroxylation is 2. The molecule has 2 N–H and O–H groups in total. The van der Waals surface area contributed by atoms with Gasteiger partial charge in [0.2, 0.25) is 5.91 Å². The van der Waals surface area contributed by atoms with E-state index in [-0.39, 0.29) is 5.91 Å². The number of rotatable bonds is 5. The first-order chi connectivity index (χ1) is 16.2. The normalized spacial score (nSPS) is 14.9. The van der Waals surface area contributed by atoms with E-state index in [1.807, 2.05) is 11.0 Å². The Morgan fingerprint density at radius 2 is 1.65 bits per heavy atom. The van der Waals surface area contributed by atoms with Gasteiger partial charge in [-0.2, -0.15) is 0 Å². The summed E-state index contributed by atoms with van der Waals surface area (Å²) in [5.74, 6) is -2.94. The van der Waals surface area contributed by atoms with E-state index in [9.17, 15) is 4.79 Å². The number of amides is 1. The fraction of sp³-hybridized carbons (Fsp3) is 0.346. The molecule has 8 nitrogen and oxygen atoms in total. The molecular formula is C26H31N3O5. The molecule has 1 amide bonds. The minimum Gasteiger partial charge on any atom is -0.473 e. The van der Waals surface area contributed by atoms with Crippen LogP contribution < -0.4 is 4.90 Å². The third-order valence-corrected chi connectivity index (χ3v) is 5.93. The maximum atomic E-state index is 13.2. The van der Waals surface area contributed by atoms with Gasteiger partial charge in [-0.25, -0.2) is 9.59 Å². The second kappa shape index (κ2) is 11.0. The molecule has 2 aromatic carbocycles. The Balaban J connectivity index is 0.000000481. The minimum absolute atomic E-state index is 0.226. The van der Waals surface area contributed by atoms with Crippen LogP contribution >= 0.6 is 0 Å².